The molecule has 0 saturated carbocycles. The standard InChI is InChI=1S/C15H12BrFN2O2/c1-20-9-3-5-13-11(7-9)15(17)19(18-13)14-6-4-10(21-2)8-12(14)16/h3-8H,1-2H3. The summed E-state index contributed by atoms with van der Waals surface area (Å²) < 4.78 is 26.8. The summed E-state index contributed by atoms with van der Waals surface area (Å²) in [5, 5.41) is 4.70. The van der Waals surface area contributed by atoms with E-state index < -0.39 is 5.95 Å². The van der Waals surface area contributed by atoms with Crippen LogP contribution >= 0.6 is 15.9 Å². The monoisotopic (exact) mass is 350 g/mol. The smallest absolute Gasteiger partial charge is 0.224 e. The number of hydrogen-bond acceptors (Lipinski definition) is 3. The lowest BCUT2D eigenvalue weighted by Crippen LogP contribution is -2.00. The molecule has 1 heterocycles. The zero-order valence-corrected chi connectivity index (χ0v) is 13.0. The third kappa shape index (κ3) is 2.35. The molecule has 0 fully saturated rings. The minimum Gasteiger partial charge on any atom is -0.497 e. The summed E-state index contributed by atoms with van der Waals surface area (Å²) in [5.41, 5.74) is 1.17. The van der Waals surface area contributed by atoms with Crippen LogP contribution in [0.25, 0.3) is 16.6 Å². The van der Waals surface area contributed by atoms with Crippen molar-refractivity contribution in [1.82, 2.24) is 9.78 Å². The highest BCUT2D eigenvalue weighted by Gasteiger charge is 2.15. The lowest BCUT2D eigenvalue weighted by molar-refractivity contribution is 0.414. The van der Waals surface area contributed by atoms with Gasteiger partial charge in [-0.2, -0.15) is 9.49 Å². The van der Waals surface area contributed by atoms with E-state index in [1.165, 1.54) is 4.68 Å². The van der Waals surface area contributed by atoms with Gasteiger partial charge in [0.2, 0.25) is 5.95 Å². The Morgan fingerprint density at radius 3 is 2.38 bits per heavy atom. The molecule has 0 N–H and O–H groups in total. The third-order valence-electron chi connectivity index (χ3n) is 3.20. The number of benzene rings is 2. The molecule has 3 rings (SSSR count). The molecule has 0 aliphatic rings. The molecule has 108 valence electrons. The van der Waals surface area contributed by atoms with E-state index in [2.05, 4.69) is 21.0 Å². The van der Waals surface area contributed by atoms with Gasteiger partial charge in [-0.1, -0.05) is 0 Å². The van der Waals surface area contributed by atoms with Gasteiger partial charge in [0.15, 0.2) is 0 Å². The largest absolute Gasteiger partial charge is 0.497 e. The maximum Gasteiger partial charge on any atom is 0.224 e. The molecule has 0 aliphatic heterocycles. The number of ether oxygens (including phenoxy) is 2. The minimum absolute atomic E-state index is 0.414. The van der Waals surface area contributed by atoms with Gasteiger partial charge in [0, 0.05) is 4.47 Å². The van der Waals surface area contributed by atoms with Crippen LogP contribution in [-0.2, 0) is 0 Å². The number of hydrogen-bond donors (Lipinski definition) is 0. The molecule has 0 bridgehead atoms. The highest BCUT2D eigenvalue weighted by atomic mass is 79.9. The average Bonchev–Trinajstić information content (AvgIpc) is 2.83. The maximum atomic E-state index is 14.6. The van der Waals surface area contributed by atoms with Crippen molar-refractivity contribution in [2.45, 2.75) is 0 Å². The van der Waals surface area contributed by atoms with Gasteiger partial charge in [-0.05, 0) is 52.3 Å². The Bertz CT molecular complexity index is 817. The SMILES string of the molecule is COc1ccc(-n2nc3ccc(OC)cc3c2F)c(Br)c1. The van der Waals surface area contributed by atoms with Crippen molar-refractivity contribution >= 4 is 26.8 Å². The van der Waals surface area contributed by atoms with Gasteiger partial charge < -0.3 is 9.47 Å². The Balaban J connectivity index is 2.18. The van der Waals surface area contributed by atoms with E-state index in [4.69, 9.17) is 9.47 Å². The number of methoxy groups -OCH3 is 2. The second-order valence-electron chi connectivity index (χ2n) is 4.40. The highest BCUT2D eigenvalue weighted by molar-refractivity contribution is 9.10. The summed E-state index contributed by atoms with van der Waals surface area (Å²) in [4.78, 5) is 0. The predicted molar refractivity (Wildman–Crippen MR) is 81.8 cm³/mol. The first-order chi connectivity index (χ1) is 10.1. The molecule has 0 atom stereocenters. The van der Waals surface area contributed by atoms with Crippen LogP contribution in [0, 0.1) is 5.95 Å². The van der Waals surface area contributed by atoms with Gasteiger partial charge in [-0.25, -0.2) is 4.68 Å². The van der Waals surface area contributed by atoms with Crippen molar-refractivity contribution < 1.29 is 13.9 Å². The predicted octanol–water partition coefficient (Wildman–Crippen LogP) is 3.94. The minimum atomic E-state index is -0.435. The number of halogens is 2. The van der Waals surface area contributed by atoms with E-state index in [9.17, 15) is 4.39 Å². The van der Waals surface area contributed by atoms with Crippen molar-refractivity contribution in [2.24, 2.45) is 0 Å². The van der Waals surface area contributed by atoms with Crippen LogP contribution in [-0.4, -0.2) is 24.0 Å². The van der Waals surface area contributed by atoms with Crippen LogP contribution in [0.3, 0.4) is 0 Å². The van der Waals surface area contributed by atoms with Crippen molar-refractivity contribution in [3.63, 3.8) is 0 Å². The molecule has 0 saturated heterocycles. The van der Waals surface area contributed by atoms with Gasteiger partial charge in [-0.3, -0.25) is 0 Å². The van der Waals surface area contributed by atoms with E-state index >= 15 is 0 Å². The van der Waals surface area contributed by atoms with Gasteiger partial charge in [0.1, 0.15) is 11.5 Å². The number of fused-ring (bicyclic) bond motifs is 1. The Hall–Kier alpha value is -2.08. The van der Waals surface area contributed by atoms with E-state index in [1.54, 1.807) is 50.6 Å². The lowest BCUT2D eigenvalue weighted by Gasteiger charge is -2.07. The molecule has 2 aromatic carbocycles. The molecule has 4 nitrogen and oxygen atoms in total. The van der Waals surface area contributed by atoms with Crippen molar-refractivity contribution in [2.75, 3.05) is 14.2 Å². The Kier molecular flexibility index (Phi) is 3.55. The molecule has 0 radical (unpaired) electrons. The number of aromatic nitrogens is 2. The summed E-state index contributed by atoms with van der Waals surface area (Å²) in [7, 11) is 3.13. The summed E-state index contributed by atoms with van der Waals surface area (Å²) in [5.74, 6) is 0.842. The highest BCUT2D eigenvalue weighted by Crippen LogP contribution is 2.30. The van der Waals surface area contributed by atoms with Crippen molar-refractivity contribution in [3.05, 3.63) is 46.8 Å². The molecule has 6 heteroatoms. The van der Waals surface area contributed by atoms with Gasteiger partial charge in [0.25, 0.3) is 0 Å². The molecule has 1 aromatic heterocycles. The number of nitrogens with zero attached hydrogens (tertiary/aromatic N) is 2. The fraction of sp³-hybridized carbons (Fsp3) is 0.133. The summed E-state index contributed by atoms with van der Waals surface area (Å²) in [6.45, 7) is 0. The molecular formula is C15H12BrFN2O2. The zero-order chi connectivity index (χ0) is 15.0. The van der Waals surface area contributed by atoms with Crippen LogP contribution in [0.5, 0.6) is 11.5 Å². The molecule has 0 unspecified atom stereocenters. The van der Waals surface area contributed by atoms with Crippen LogP contribution in [0.4, 0.5) is 4.39 Å². The van der Waals surface area contributed by atoms with E-state index in [1.807, 2.05) is 0 Å². The number of rotatable bonds is 3. The van der Waals surface area contributed by atoms with Crippen LogP contribution in [0.1, 0.15) is 0 Å². The van der Waals surface area contributed by atoms with E-state index in [0.717, 1.165) is 0 Å². The maximum absolute atomic E-state index is 14.6. The Morgan fingerprint density at radius 1 is 1.05 bits per heavy atom. The quantitative estimate of drug-likeness (QED) is 0.717. The fourth-order valence-corrected chi connectivity index (χ4v) is 2.63. The molecular weight excluding hydrogens is 339 g/mol. The Labute approximate surface area is 129 Å². The average molecular weight is 351 g/mol. The van der Waals surface area contributed by atoms with Crippen LogP contribution in [0.15, 0.2) is 40.9 Å². The second-order valence-corrected chi connectivity index (χ2v) is 5.26. The van der Waals surface area contributed by atoms with Crippen LogP contribution < -0.4 is 9.47 Å². The Morgan fingerprint density at radius 2 is 1.71 bits per heavy atom. The zero-order valence-electron chi connectivity index (χ0n) is 11.4. The summed E-state index contributed by atoms with van der Waals surface area (Å²) in [6, 6.07) is 10.4. The lowest BCUT2D eigenvalue weighted by atomic mass is 10.2. The first-order valence-electron chi connectivity index (χ1n) is 6.20. The van der Waals surface area contributed by atoms with E-state index in [0.29, 0.717) is 32.6 Å². The van der Waals surface area contributed by atoms with Gasteiger partial charge in [-0.15, -0.1) is 0 Å². The topological polar surface area (TPSA) is 36.3 Å². The van der Waals surface area contributed by atoms with Crippen molar-refractivity contribution in [1.29, 1.82) is 0 Å². The molecule has 21 heavy (non-hydrogen) atoms. The molecule has 0 aliphatic carbocycles. The molecule has 3 aromatic rings. The van der Waals surface area contributed by atoms with Gasteiger partial charge >= 0.3 is 0 Å². The first kappa shape index (κ1) is 13.9. The van der Waals surface area contributed by atoms with Gasteiger partial charge in [0.05, 0.1) is 30.8 Å². The van der Waals surface area contributed by atoms with Crippen molar-refractivity contribution in [3.8, 4) is 17.2 Å². The third-order valence-corrected chi connectivity index (χ3v) is 3.84. The second kappa shape index (κ2) is 5.37. The normalized spacial score (nSPS) is 10.9. The summed E-state index contributed by atoms with van der Waals surface area (Å²) in [6.07, 6.45) is 0. The molecule has 0 amide bonds. The summed E-state index contributed by atoms with van der Waals surface area (Å²) >= 11 is 3.41. The van der Waals surface area contributed by atoms with E-state index in [-0.39, 0.29) is 0 Å². The van der Waals surface area contributed by atoms with Crippen LogP contribution in [0.2, 0.25) is 0 Å². The first-order valence-corrected chi connectivity index (χ1v) is 6.99. The molecule has 0 spiro atoms. The fourth-order valence-electron chi connectivity index (χ4n) is 2.11.